The summed E-state index contributed by atoms with van der Waals surface area (Å²) in [6.45, 7) is 5.63. The zero-order chi connectivity index (χ0) is 20.8. The number of ether oxygens (including phenoxy) is 2. The molecule has 0 unspecified atom stereocenters. The number of hydrazine groups is 1. The van der Waals surface area contributed by atoms with Gasteiger partial charge in [0.1, 0.15) is 13.2 Å². The summed E-state index contributed by atoms with van der Waals surface area (Å²) < 4.78 is 10.9. The van der Waals surface area contributed by atoms with Gasteiger partial charge in [-0.1, -0.05) is 18.2 Å². The lowest BCUT2D eigenvalue weighted by Crippen LogP contribution is -3.15. The number of anilines is 1. The predicted octanol–water partition coefficient (Wildman–Crippen LogP) is 0.0140. The fourth-order valence-electron chi connectivity index (χ4n) is 3.71. The third-order valence-corrected chi connectivity index (χ3v) is 5.42. The number of fused-ring (bicyclic) bond motifs is 1. The lowest BCUT2D eigenvalue weighted by Gasteiger charge is -2.33. The van der Waals surface area contributed by atoms with E-state index in [0.717, 1.165) is 32.7 Å². The van der Waals surface area contributed by atoms with Gasteiger partial charge in [0.05, 0.1) is 39.1 Å². The first-order chi connectivity index (χ1) is 14.7. The molecule has 0 radical (unpaired) electrons. The number of hydrogen-bond acceptors (Lipinski definition) is 5. The van der Waals surface area contributed by atoms with Gasteiger partial charge in [-0.2, -0.15) is 0 Å². The summed E-state index contributed by atoms with van der Waals surface area (Å²) in [5.41, 5.74) is 6.62. The van der Waals surface area contributed by atoms with Crippen molar-refractivity contribution in [1.29, 1.82) is 0 Å². The molecule has 3 N–H and O–H groups in total. The number of hydrogen-bond donors (Lipinski definition) is 3. The van der Waals surface area contributed by atoms with Crippen molar-refractivity contribution in [2.45, 2.75) is 6.42 Å². The van der Waals surface area contributed by atoms with Gasteiger partial charge in [0, 0.05) is 11.3 Å². The van der Waals surface area contributed by atoms with Crippen LogP contribution >= 0.6 is 0 Å². The van der Waals surface area contributed by atoms with Crippen molar-refractivity contribution in [2.24, 2.45) is 0 Å². The summed E-state index contributed by atoms with van der Waals surface area (Å²) in [7, 11) is 0. The molecule has 2 aromatic rings. The predicted molar refractivity (Wildman–Crippen MR) is 112 cm³/mol. The molecule has 8 heteroatoms. The van der Waals surface area contributed by atoms with Crippen LogP contribution in [0.15, 0.2) is 48.5 Å². The van der Waals surface area contributed by atoms with Crippen LogP contribution in [0.2, 0.25) is 0 Å². The third kappa shape index (κ3) is 5.01. The van der Waals surface area contributed by atoms with Gasteiger partial charge < -0.3 is 19.3 Å². The van der Waals surface area contributed by atoms with E-state index >= 15 is 0 Å². The van der Waals surface area contributed by atoms with Gasteiger partial charge >= 0.3 is 0 Å². The summed E-state index contributed by atoms with van der Waals surface area (Å²) in [6, 6.07) is 15.3. The lowest BCUT2D eigenvalue weighted by molar-refractivity contribution is -0.900. The van der Waals surface area contributed by atoms with E-state index < -0.39 is 0 Å². The maximum atomic E-state index is 12.3. The maximum Gasteiger partial charge on any atom is 0.269 e. The number of amides is 2. The first-order valence-corrected chi connectivity index (χ1v) is 10.3. The van der Waals surface area contributed by atoms with Gasteiger partial charge in [-0.05, 0) is 30.3 Å². The molecule has 1 saturated heterocycles. The van der Waals surface area contributed by atoms with Crippen LogP contribution in [0.5, 0.6) is 11.5 Å². The molecule has 2 amide bonds. The number of rotatable bonds is 5. The van der Waals surface area contributed by atoms with E-state index in [9.17, 15) is 9.59 Å². The fourth-order valence-corrected chi connectivity index (χ4v) is 3.71. The molecule has 2 heterocycles. The minimum absolute atomic E-state index is 0.195. The standard InChI is InChI=1S/C22H26N4O4/c27-21(8-9-25-10-12-26(13-11-25)18-4-2-1-3-5-18)23-24-22(28)17-6-7-19-20(16-17)30-15-14-29-19/h1-7,16H,8-15H2,(H,23,27)(H,24,28)/p+1. The summed E-state index contributed by atoms with van der Waals surface area (Å²) in [5, 5.41) is 0. The highest BCUT2D eigenvalue weighted by molar-refractivity contribution is 5.96. The van der Waals surface area contributed by atoms with Crippen molar-refractivity contribution in [3.8, 4) is 11.5 Å². The minimum Gasteiger partial charge on any atom is -0.486 e. The molecule has 0 saturated carbocycles. The highest BCUT2D eigenvalue weighted by Crippen LogP contribution is 2.30. The molecule has 30 heavy (non-hydrogen) atoms. The number of piperazine rings is 1. The molecule has 0 aromatic heterocycles. The van der Waals surface area contributed by atoms with E-state index in [1.165, 1.54) is 10.6 Å². The molecule has 2 aromatic carbocycles. The summed E-state index contributed by atoms with van der Waals surface area (Å²) in [6.07, 6.45) is 0.363. The van der Waals surface area contributed by atoms with Gasteiger partial charge in [0.15, 0.2) is 11.5 Å². The van der Waals surface area contributed by atoms with Gasteiger partial charge in [0.2, 0.25) is 5.91 Å². The van der Waals surface area contributed by atoms with Crippen LogP contribution in [-0.2, 0) is 4.79 Å². The van der Waals surface area contributed by atoms with Crippen LogP contribution in [0, 0.1) is 0 Å². The first-order valence-electron chi connectivity index (χ1n) is 10.3. The van der Waals surface area contributed by atoms with Crippen LogP contribution in [-0.4, -0.2) is 57.8 Å². The van der Waals surface area contributed by atoms with Crippen LogP contribution in [0.1, 0.15) is 16.8 Å². The number of nitrogens with one attached hydrogen (secondary N) is 3. The molecule has 158 valence electrons. The van der Waals surface area contributed by atoms with Crippen molar-refractivity contribution in [3.05, 3.63) is 54.1 Å². The van der Waals surface area contributed by atoms with Gasteiger partial charge in [-0.15, -0.1) is 0 Å². The Hall–Kier alpha value is -3.26. The second-order valence-electron chi connectivity index (χ2n) is 7.43. The van der Waals surface area contributed by atoms with Gasteiger partial charge in [-0.25, -0.2) is 0 Å². The number of carbonyl (C=O) groups is 2. The molecule has 4 rings (SSSR count). The SMILES string of the molecule is O=C(CC[NH+]1CCN(c2ccccc2)CC1)NNC(=O)c1ccc2c(c1)OCCO2. The van der Waals surface area contributed by atoms with Crippen LogP contribution < -0.4 is 30.1 Å². The van der Waals surface area contributed by atoms with Crippen molar-refractivity contribution in [2.75, 3.05) is 50.8 Å². The average molecular weight is 411 g/mol. The largest absolute Gasteiger partial charge is 0.486 e. The number of benzene rings is 2. The second-order valence-corrected chi connectivity index (χ2v) is 7.43. The Balaban J connectivity index is 1.17. The van der Waals surface area contributed by atoms with Crippen LogP contribution in [0.25, 0.3) is 0 Å². The molecule has 0 spiro atoms. The first kappa shape index (κ1) is 20.0. The molecule has 2 aliphatic rings. The number of nitrogens with zero attached hydrogens (tertiary/aromatic N) is 1. The van der Waals surface area contributed by atoms with E-state index in [2.05, 4.69) is 40.0 Å². The minimum atomic E-state index is -0.385. The maximum absolute atomic E-state index is 12.3. The highest BCUT2D eigenvalue weighted by atomic mass is 16.6. The van der Waals surface area contributed by atoms with E-state index in [1.807, 2.05) is 6.07 Å². The Bertz CT molecular complexity index is 882. The van der Waals surface area contributed by atoms with Gasteiger partial charge in [-0.3, -0.25) is 20.4 Å². The molecule has 1 fully saturated rings. The van der Waals surface area contributed by atoms with Crippen molar-refractivity contribution < 1.29 is 24.0 Å². The monoisotopic (exact) mass is 411 g/mol. The quantitative estimate of drug-likeness (QED) is 0.604. The Morgan fingerprint density at radius 1 is 0.933 bits per heavy atom. The van der Waals surface area contributed by atoms with E-state index in [0.29, 0.717) is 36.7 Å². The zero-order valence-electron chi connectivity index (χ0n) is 16.9. The third-order valence-electron chi connectivity index (χ3n) is 5.42. The lowest BCUT2D eigenvalue weighted by atomic mass is 10.2. The van der Waals surface area contributed by atoms with Crippen LogP contribution in [0.4, 0.5) is 5.69 Å². The Kier molecular flexibility index (Phi) is 6.34. The summed E-state index contributed by atoms with van der Waals surface area (Å²) in [4.78, 5) is 28.2. The molecule has 0 atom stereocenters. The van der Waals surface area contributed by atoms with Gasteiger partial charge in [0.25, 0.3) is 5.91 Å². The number of carbonyl (C=O) groups excluding carboxylic acids is 2. The van der Waals surface area contributed by atoms with Crippen LogP contribution in [0.3, 0.4) is 0 Å². The number of para-hydroxylation sites is 1. The Labute approximate surface area is 175 Å². The molecular weight excluding hydrogens is 384 g/mol. The average Bonchev–Trinajstić information content (AvgIpc) is 2.81. The van der Waals surface area contributed by atoms with Crippen molar-refractivity contribution in [3.63, 3.8) is 0 Å². The smallest absolute Gasteiger partial charge is 0.269 e. The normalized spacial score (nSPS) is 16.1. The number of quaternary nitrogens is 1. The Morgan fingerprint density at radius 2 is 1.67 bits per heavy atom. The van der Waals surface area contributed by atoms with E-state index in [-0.39, 0.29) is 11.8 Å². The zero-order valence-corrected chi connectivity index (χ0v) is 16.9. The highest BCUT2D eigenvalue weighted by Gasteiger charge is 2.21. The molecule has 0 bridgehead atoms. The van der Waals surface area contributed by atoms with Crippen molar-refractivity contribution >= 4 is 17.5 Å². The fraction of sp³-hybridized carbons (Fsp3) is 0.364. The van der Waals surface area contributed by atoms with E-state index in [1.54, 1.807) is 18.2 Å². The molecule has 2 aliphatic heterocycles. The van der Waals surface area contributed by atoms with Crippen molar-refractivity contribution in [1.82, 2.24) is 10.9 Å². The molecule has 0 aliphatic carbocycles. The molecule has 8 nitrogen and oxygen atoms in total. The molecular formula is C22H27N4O4+. The topological polar surface area (TPSA) is 84.3 Å². The summed E-state index contributed by atoms with van der Waals surface area (Å²) >= 11 is 0. The second kappa shape index (κ2) is 9.49. The Morgan fingerprint density at radius 3 is 2.43 bits per heavy atom. The summed E-state index contributed by atoms with van der Waals surface area (Å²) in [5.74, 6) is 0.582. The van der Waals surface area contributed by atoms with E-state index in [4.69, 9.17) is 9.47 Å².